The Bertz CT molecular complexity index is 103. The quantitative estimate of drug-likeness (QED) is 0.590. The number of hydrogen-bond donors (Lipinski definition) is 2. The van der Waals surface area contributed by atoms with Gasteiger partial charge in [-0.1, -0.05) is 0 Å². The summed E-state index contributed by atoms with van der Waals surface area (Å²) in [4.78, 5) is 0. The van der Waals surface area contributed by atoms with Gasteiger partial charge >= 0.3 is 0 Å². The van der Waals surface area contributed by atoms with Crippen LogP contribution in [0.3, 0.4) is 0 Å². The van der Waals surface area contributed by atoms with Crippen LogP contribution < -0.4 is 5.73 Å². The second kappa shape index (κ2) is 10.4. The topological polar surface area (TPSA) is 63.3 Å². The van der Waals surface area contributed by atoms with Gasteiger partial charge in [0.05, 0.1) is 6.61 Å². The summed E-state index contributed by atoms with van der Waals surface area (Å²) in [5.41, 5.74) is 5.24. The molecule has 0 aromatic carbocycles. The van der Waals surface area contributed by atoms with E-state index in [0.29, 0.717) is 18.1 Å². The number of hydrogen-bond acceptors (Lipinski definition) is 3. The van der Waals surface area contributed by atoms with Crippen LogP contribution in [0.25, 0.3) is 0 Å². The van der Waals surface area contributed by atoms with E-state index >= 15 is 0 Å². The van der Waals surface area contributed by atoms with Gasteiger partial charge < -0.3 is 10.8 Å². The SMILES string of the molecule is Cl.NCCCCS(=O)CCO. The first-order valence-electron chi connectivity index (χ1n) is 3.47. The molecule has 0 fully saturated rings. The lowest BCUT2D eigenvalue weighted by atomic mass is 10.3. The van der Waals surface area contributed by atoms with Crippen molar-refractivity contribution in [3.05, 3.63) is 0 Å². The van der Waals surface area contributed by atoms with Gasteiger partial charge in [0.1, 0.15) is 0 Å². The van der Waals surface area contributed by atoms with E-state index in [1.807, 2.05) is 0 Å². The van der Waals surface area contributed by atoms with Crippen LogP contribution in [-0.4, -0.2) is 34.0 Å². The van der Waals surface area contributed by atoms with Crippen LogP contribution in [0.1, 0.15) is 12.8 Å². The highest BCUT2D eigenvalue weighted by atomic mass is 35.5. The van der Waals surface area contributed by atoms with Crippen molar-refractivity contribution in [2.24, 2.45) is 5.73 Å². The van der Waals surface area contributed by atoms with E-state index in [1.165, 1.54) is 0 Å². The third kappa shape index (κ3) is 10.4. The average Bonchev–Trinajstić information content (AvgIpc) is 1.89. The van der Waals surface area contributed by atoms with Gasteiger partial charge in [-0.3, -0.25) is 4.21 Å². The lowest BCUT2D eigenvalue weighted by Gasteiger charge is -1.97. The van der Waals surface area contributed by atoms with E-state index in [9.17, 15) is 4.21 Å². The van der Waals surface area contributed by atoms with Crippen LogP contribution >= 0.6 is 12.4 Å². The molecular formula is C6H16ClNO2S. The maximum atomic E-state index is 10.8. The molecule has 0 saturated carbocycles. The van der Waals surface area contributed by atoms with Crippen molar-refractivity contribution in [3.8, 4) is 0 Å². The molecule has 0 rings (SSSR count). The largest absolute Gasteiger partial charge is 0.395 e. The minimum atomic E-state index is -0.827. The Labute approximate surface area is 76.2 Å². The number of aliphatic hydroxyl groups is 1. The molecule has 0 aliphatic rings. The molecule has 0 spiro atoms. The smallest absolute Gasteiger partial charge is 0.0546 e. The lowest BCUT2D eigenvalue weighted by Crippen LogP contribution is -2.07. The van der Waals surface area contributed by atoms with E-state index < -0.39 is 10.8 Å². The van der Waals surface area contributed by atoms with Crippen LogP contribution in [0.4, 0.5) is 0 Å². The van der Waals surface area contributed by atoms with Gasteiger partial charge in [-0.15, -0.1) is 12.4 Å². The molecule has 0 aliphatic heterocycles. The summed E-state index contributed by atoms with van der Waals surface area (Å²) >= 11 is 0. The normalized spacial score (nSPS) is 12.2. The molecule has 5 heteroatoms. The first kappa shape index (κ1) is 13.9. The van der Waals surface area contributed by atoms with E-state index in [2.05, 4.69) is 0 Å². The Balaban J connectivity index is 0. The summed E-state index contributed by atoms with van der Waals surface area (Å²) in [5, 5.41) is 8.38. The Morgan fingerprint density at radius 1 is 1.27 bits per heavy atom. The molecule has 0 aromatic heterocycles. The first-order valence-corrected chi connectivity index (χ1v) is 4.96. The van der Waals surface area contributed by atoms with Crippen molar-refractivity contribution in [2.75, 3.05) is 24.7 Å². The highest BCUT2D eigenvalue weighted by Crippen LogP contribution is 1.90. The number of rotatable bonds is 6. The maximum absolute atomic E-state index is 10.8. The van der Waals surface area contributed by atoms with Crippen molar-refractivity contribution in [3.63, 3.8) is 0 Å². The third-order valence-electron chi connectivity index (χ3n) is 1.15. The van der Waals surface area contributed by atoms with Gasteiger partial charge in [0.15, 0.2) is 0 Å². The van der Waals surface area contributed by atoms with Crippen LogP contribution in [0.2, 0.25) is 0 Å². The first-order chi connectivity index (χ1) is 4.81. The molecule has 0 amide bonds. The van der Waals surface area contributed by atoms with E-state index in [1.54, 1.807) is 0 Å². The zero-order valence-corrected chi connectivity index (χ0v) is 8.12. The van der Waals surface area contributed by atoms with Crippen LogP contribution in [-0.2, 0) is 10.8 Å². The zero-order valence-electron chi connectivity index (χ0n) is 6.49. The second-order valence-corrected chi connectivity index (χ2v) is 3.76. The summed E-state index contributed by atoms with van der Waals surface area (Å²) in [6.45, 7) is 0.686. The van der Waals surface area contributed by atoms with Crippen LogP contribution in [0.15, 0.2) is 0 Å². The number of unbranched alkanes of at least 4 members (excludes halogenated alkanes) is 1. The molecule has 3 nitrogen and oxygen atoms in total. The zero-order chi connectivity index (χ0) is 7.82. The molecule has 0 radical (unpaired) electrons. The lowest BCUT2D eigenvalue weighted by molar-refractivity contribution is 0.321. The van der Waals surface area contributed by atoms with E-state index in [4.69, 9.17) is 10.8 Å². The minimum absolute atomic E-state index is 0. The minimum Gasteiger partial charge on any atom is -0.395 e. The van der Waals surface area contributed by atoms with Crippen molar-refractivity contribution >= 4 is 23.2 Å². The predicted octanol–water partition coefficient (Wildman–Crippen LogP) is -0.112. The number of aliphatic hydroxyl groups excluding tert-OH is 1. The third-order valence-corrected chi connectivity index (χ3v) is 2.53. The molecule has 11 heavy (non-hydrogen) atoms. The van der Waals surface area contributed by atoms with Gasteiger partial charge in [0, 0.05) is 22.3 Å². The molecule has 3 N–H and O–H groups in total. The van der Waals surface area contributed by atoms with Crippen molar-refractivity contribution in [1.29, 1.82) is 0 Å². The molecule has 0 heterocycles. The van der Waals surface area contributed by atoms with Crippen LogP contribution in [0.5, 0.6) is 0 Å². The molecule has 1 unspecified atom stereocenters. The number of halogens is 1. The molecule has 0 bridgehead atoms. The molecule has 0 saturated heterocycles. The van der Waals surface area contributed by atoms with Crippen LogP contribution in [0, 0.1) is 0 Å². The van der Waals surface area contributed by atoms with Crippen molar-refractivity contribution in [2.45, 2.75) is 12.8 Å². The molecule has 70 valence electrons. The van der Waals surface area contributed by atoms with Crippen molar-refractivity contribution in [1.82, 2.24) is 0 Å². The molecular weight excluding hydrogens is 186 g/mol. The number of nitrogens with two attached hydrogens (primary N) is 1. The Morgan fingerprint density at radius 2 is 1.91 bits per heavy atom. The summed E-state index contributed by atoms with van der Waals surface area (Å²) in [7, 11) is -0.827. The summed E-state index contributed by atoms with van der Waals surface area (Å²) in [6, 6.07) is 0. The van der Waals surface area contributed by atoms with Gasteiger partial charge in [-0.05, 0) is 19.4 Å². The van der Waals surface area contributed by atoms with Gasteiger partial charge in [-0.2, -0.15) is 0 Å². The summed E-state index contributed by atoms with van der Waals surface area (Å²) in [5.74, 6) is 1.09. The average molecular weight is 202 g/mol. The van der Waals surface area contributed by atoms with E-state index in [0.717, 1.165) is 12.8 Å². The molecule has 1 atom stereocenters. The fourth-order valence-electron chi connectivity index (χ4n) is 0.611. The maximum Gasteiger partial charge on any atom is 0.0546 e. The monoisotopic (exact) mass is 201 g/mol. The highest BCUT2D eigenvalue weighted by molar-refractivity contribution is 7.84. The second-order valence-electron chi connectivity index (χ2n) is 2.07. The standard InChI is InChI=1S/C6H15NO2S.ClH/c7-3-1-2-5-10(9)6-4-8;/h8H,1-7H2;1H. The Kier molecular flexibility index (Phi) is 13.1. The van der Waals surface area contributed by atoms with Gasteiger partial charge in [0.25, 0.3) is 0 Å². The van der Waals surface area contributed by atoms with Gasteiger partial charge in [0.2, 0.25) is 0 Å². The Morgan fingerprint density at radius 3 is 2.36 bits per heavy atom. The van der Waals surface area contributed by atoms with Crippen molar-refractivity contribution < 1.29 is 9.32 Å². The fourth-order valence-corrected chi connectivity index (χ4v) is 1.55. The van der Waals surface area contributed by atoms with Gasteiger partial charge in [-0.25, -0.2) is 0 Å². The molecule has 0 aliphatic carbocycles. The summed E-state index contributed by atoms with van der Waals surface area (Å²) in [6.07, 6.45) is 1.83. The predicted molar refractivity (Wildman–Crippen MR) is 50.5 cm³/mol. The Hall–Kier alpha value is 0.360. The van der Waals surface area contributed by atoms with E-state index in [-0.39, 0.29) is 19.0 Å². The fraction of sp³-hybridized carbons (Fsp3) is 1.00. The summed E-state index contributed by atoms with van der Waals surface area (Å²) < 4.78 is 10.8. The molecule has 0 aromatic rings. The highest BCUT2D eigenvalue weighted by Gasteiger charge is 1.96.